The van der Waals surface area contributed by atoms with Crippen LogP contribution in [0, 0.1) is 24.1 Å². The fourth-order valence-electron chi connectivity index (χ4n) is 2.02. The Bertz CT molecular complexity index is 690. The minimum Gasteiger partial charge on any atom is -0.489 e. The van der Waals surface area contributed by atoms with Gasteiger partial charge in [0.1, 0.15) is 24.2 Å². The minimum atomic E-state index is -0.636. The molecule has 1 unspecified atom stereocenters. The van der Waals surface area contributed by atoms with Crippen molar-refractivity contribution in [2.24, 2.45) is 0 Å². The molecule has 0 aliphatic carbocycles. The molecule has 0 radical (unpaired) electrons. The van der Waals surface area contributed by atoms with Gasteiger partial charge in [0.05, 0.1) is 11.7 Å². The number of nitrogens with zero attached hydrogens (tertiary/aromatic N) is 1. The van der Waals surface area contributed by atoms with Crippen molar-refractivity contribution in [3.05, 3.63) is 64.5 Å². The Morgan fingerprint density at radius 3 is 2.71 bits per heavy atom. The monoisotopic (exact) mass is 285 g/mol. The molecule has 0 spiro atoms. The Hall–Kier alpha value is -2.38. The quantitative estimate of drug-likeness (QED) is 0.933. The van der Waals surface area contributed by atoms with E-state index in [0.29, 0.717) is 16.9 Å². The topological polar surface area (TPSA) is 53.2 Å². The minimum absolute atomic E-state index is 0.00362. The predicted molar refractivity (Wildman–Crippen MR) is 77.3 cm³/mol. The van der Waals surface area contributed by atoms with Crippen LogP contribution in [0.3, 0.4) is 0 Å². The van der Waals surface area contributed by atoms with E-state index in [1.807, 2.05) is 25.1 Å². The summed E-state index contributed by atoms with van der Waals surface area (Å²) in [6.07, 6.45) is -0.636. The smallest absolute Gasteiger partial charge is 0.140 e. The normalized spacial score (nSPS) is 11.8. The van der Waals surface area contributed by atoms with Crippen molar-refractivity contribution >= 4 is 0 Å². The van der Waals surface area contributed by atoms with E-state index in [9.17, 15) is 9.50 Å². The van der Waals surface area contributed by atoms with Gasteiger partial charge in [-0.3, -0.25) is 0 Å². The molecule has 0 saturated carbocycles. The van der Waals surface area contributed by atoms with Gasteiger partial charge in [0.2, 0.25) is 0 Å². The van der Waals surface area contributed by atoms with Gasteiger partial charge >= 0.3 is 0 Å². The van der Waals surface area contributed by atoms with E-state index in [2.05, 4.69) is 0 Å². The number of aliphatic hydroxyl groups excluding tert-OH is 1. The average Bonchev–Trinajstić information content (AvgIpc) is 2.46. The summed E-state index contributed by atoms with van der Waals surface area (Å²) in [6.45, 7) is 3.81. The van der Waals surface area contributed by atoms with Crippen LogP contribution in [0.2, 0.25) is 0 Å². The number of hydrogen-bond acceptors (Lipinski definition) is 3. The van der Waals surface area contributed by atoms with E-state index in [-0.39, 0.29) is 12.2 Å². The van der Waals surface area contributed by atoms with Crippen molar-refractivity contribution in [2.75, 3.05) is 0 Å². The summed E-state index contributed by atoms with van der Waals surface area (Å²) < 4.78 is 19.0. The zero-order valence-electron chi connectivity index (χ0n) is 11.9. The van der Waals surface area contributed by atoms with Crippen molar-refractivity contribution in [3.63, 3.8) is 0 Å². The molecule has 1 N–H and O–H groups in total. The Labute approximate surface area is 123 Å². The molecule has 4 heteroatoms. The fourth-order valence-corrected chi connectivity index (χ4v) is 2.02. The molecular formula is C17H16FNO2. The Kier molecular flexibility index (Phi) is 4.56. The van der Waals surface area contributed by atoms with Gasteiger partial charge < -0.3 is 9.84 Å². The van der Waals surface area contributed by atoms with E-state index in [1.54, 1.807) is 19.1 Å². The molecule has 0 saturated heterocycles. The van der Waals surface area contributed by atoms with Crippen LogP contribution in [0.5, 0.6) is 5.75 Å². The number of ether oxygens (including phenoxy) is 1. The van der Waals surface area contributed by atoms with E-state index < -0.39 is 11.9 Å². The first-order chi connectivity index (χ1) is 10.0. The van der Waals surface area contributed by atoms with Crippen LogP contribution in [0.15, 0.2) is 36.4 Å². The van der Waals surface area contributed by atoms with Crippen molar-refractivity contribution in [2.45, 2.75) is 26.6 Å². The van der Waals surface area contributed by atoms with E-state index in [0.717, 1.165) is 5.56 Å². The number of rotatable bonds is 4. The van der Waals surface area contributed by atoms with Gasteiger partial charge in [-0.05, 0) is 43.2 Å². The summed E-state index contributed by atoms with van der Waals surface area (Å²) in [5.41, 5.74) is 2.41. The van der Waals surface area contributed by atoms with Gasteiger partial charge in [-0.1, -0.05) is 18.2 Å². The molecule has 0 aromatic heterocycles. The second-order valence-electron chi connectivity index (χ2n) is 4.93. The second kappa shape index (κ2) is 6.38. The van der Waals surface area contributed by atoms with Crippen LogP contribution in [0.4, 0.5) is 4.39 Å². The lowest BCUT2D eigenvalue weighted by Crippen LogP contribution is -2.02. The molecule has 0 fully saturated rings. The van der Waals surface area contributed by atoms with Crippen LogP contribution in [-0.2, 0) is 6.61 Å². The molecule has 0 aliphatic heterocycles. The molecule has 1 atom stereocenters. The van der Waals surface area contributed by atoms with E-state index >= 15 is 0 Å². The molecule has 2 aromatic carbocycles. The van der Waals surface area contributed by atoms with E-state index in [1.165, 1.54) is 12.1 Å². The first-order valence-electron chi connectivity index (χ1n) is 6.61. The number of hydrogen-bond donors (Lipinski definition) is 1. The molecule has 3 nitrogen and oxygen atoms in total. The number of benzene rings is 2. The van der Waals surface area contributed by atoms with Crippen LogP contribution >= 0.6 is 0 Å². The maximum atomic E-state index is 13.3. The van der Waals surface area contributed by atoms with Gasteiger partial charge in [-0.15, -0.1) is 0 Å². The maximum Gasteiger partial charge on any atom is 0.140 e. The van der Waals surface area contributed by atoms with Crippen LogP contribution in [0.25, 0.3) is 0 Å². The predicted octanol–water partition coefficient (Wildman–Crippen LogP) is 3.64. The third-order valence-electron chi connectivity index (χ3n) is 3.16. The highest BCUT2D eigenvalue weighted by molar-refractivity contribution is 5.39. The lowest BCUT2D eigenvalue weighted by molar-refractivity contribution is 0.190. The second-order valence-corrected chi connectivity index (χ2v) is 4.93. The summed E-state index contributed by atoms with van der Waals surface area (Å²) in [7, 11) is 0. The molecule has 0 bridgehead atoms. The molecule has 0 amide bonds. The first kappa shape index (κ1) is 15.0. The van der Waals surface area contributed by atoms with Crippen molar-refractivity contribution in [1.29, 1.82) is 5.26 Å². The Morgan fingerprint density at radius 2 is 2.05 bits per heavy atom. The summed E-state index contributed by atoms with van der Waals surface area (Å²) in [5.74, 6) is 0.0503. The van der Waals surface area contributed by atoms with Crippen molar-refractivity contribution in [1.82, 2.24) is 0 Å². The number of aryl methyl sites for hydroxylation is 1. The third kappa shape index (κ3) is 3.59. The van der Waals surface area contributed by atoms with Crippen LogP contribution < -0.4 is 4.74 Å². The molecule has 2 aromatic rings. The molecule has 21 heavy (non-hydrogen) atoms. The number of halogens is 1. The molecular weight excluding hydrogens is 269 g/mol. The SMILES string of the molecule is Cc1ccc(C(C)O)c(OCc2ccc(F)c(C#N)c2)c1. The average molecular weight is 285 g/mol. The first-order valence-corrected chi connectivity index (χ1v) is 6.61. The van der Waals surface area contributed by atoms with Gasteiger partial charge in [-0.2, -0.15) is 5.26 Å². The highest BCUT2D eigenvalue weighted by Crippen LogP contribution is 2.27. The van der Waals surface area contributed by atoms with Gasteiger partial charge in [0.15, 0.2) is 0 Å². The lowest BCUT2D eigenvalue weighted by atomic mass is 10.1. The largest absolute Gasteiger partial charge is 0.489 e. The fraction of sp³-hybridized carbons (Fsp3) is 0.235. The van der Waals surface area contributed by atoms with E-state index in [4.69, 9.17) is 10.00 Å². The lowest BCUT2D eigenvalue weighted by Gasteiger charge is -2.14. The Balaban J connectivity index is 2.20. The van der Waals surface area contributed by atoms with Gasteiger partial charge in [0, 0.05) is 5.56 Å². The van der Waals surface area contributed by atoms with Crippen molar-refractivity contribution < 1.29 is 14.2 Å². The Morgan fingerprint density at radius 1 is 1.29 bits per heavy atom. The zero-order valence-corrected chi connectivity index (χ0v) is 11.9. The van der Waals surface area contributed by atoms with Crippen molar-refractivity contribution in [3.8, 4) is 11.8 Å². The zero-order chi connectivity index (χ0) is 15.4. The maximum absolute atomic E-state index is 13.3. The summed E-state index contributed by atoms with van der Waals surface area (Å²) in [4.78, 5) is 0. The van der Waals surface area contributed by atoms with Gasteiger partial charge in [0.25, 0.3) is 0 Å². The summed E-state index contributed by atoms with van der Waals surface area (Å²) in [5, 5.41) is 18.6. The third-order valence-corrected chi connectivity index (χ3v) is 3.16. The standard InChI is InChI=1S/C17H16FNO2/c1-11-3-5-15(12(2)20)17(7-11)21-10-13-4-6-16(18)14(8-13)9-19/h3-8,12,20H,10H2,1-2H3. The van der Waals surface area contributed by atoms with Gasteiger partial charge in [-0.25, -0.2) is 4.39 Å². The number of aliphatic hydroxyl groups is 1. The van der Waals surface area contributed by atoms with Crippen LogP contribution in [-0.4, -0.2) is 5.11 Å². The molecule has 108 valence electrons. The summed E-state index contributed by atoms with van der Waals surface area (Å²) >= 11 is 0. The highest BCUT2D eigenvalue weighted by atomic mass is 19.1. The molecule has 0 aliphatic rings. The number of nitriles is 1. The summed E-state index contributed by atoms with van der Waals surface area (Å²) in [6, 6.07) is 11.7. The highest BCUT2D eigenvalue weighted by Gasteiger charge is 2.10. The van der Waals surface area contributed by atoms with Crippen LogP contribution in [0.1, 0.15) is 35.3 Å². The molecule has 2 rings (SSSR count). The molecule has 0 heterocycles.